The van der Waals surface area contributed by atoms with Gasteiger partial charge < -0.3 is 15.0 Å². The van der Waals surface area contributed by atoms with Gasteiger partial charge >= 0.3 is 5.97 Å². The molecule has 0 aliphatic heterocycles. The molecule has 174 valence electrons. The highest BCUT2D eigenvalue weighted by atomic mass is 32.1. The van der Waals surface area contributed by atoms with Crippen molar-refractivity contribution in [2.45, 2.75) is 0 Å². The molecule has 6 heteroatoms. The van der Waals surface area contributed by atoms with Crippen molar-refractivity contribution in [3.05, 3.63) is 131 Å². The van der Waals surface area contributed by atoms with Crippen LogP contribution in [0, 0.1) is 6.57 Å². The number of rotatable bonds is 7. The Balaban J connectivity index is 1.41. The van der Waals surface area contributed by atoms with E-state index in [0.717, 1.165) is 43.8 Å². The molecule has 0 bridgehead atoms. The fourth-order valence-electron chi connectivity index (χ4n) is 3.95. The fourth-order valence-corrected chi connectivity index (χ4v) is 4.88. The number of nitrogens with one attached hydrogen (secondary N) is 1. The number of thiophene rings is 1. The predicted octanol–water partition coefficient (Wildman–Crippen LogP) is 8.22. The number of anilines is 3. The van der Waals surface area contributed by atoms with Crippen LogP contribution in [0.3, 0.4) is 0 Å². The molecule has 36 heavy (non-hydrogen) atoms. The van der Waals surface area contributed by atoms with Gasteiger partial charge in [-0.25, -0.2) is 4.85 Å². The van der Waals surface area contributed by atoms with Crippen molar-refractivity contribution < 1.29 is 9.90 Å². The van der Waals surface area contributed by atoms with E-state index in [9.17, 15) is 4.79 Å². The summed E-state index contributed by atoms with van der Waals surface area (Å²) in [5.41, 5.74) is 5.93. The second-order valence-corrected chi connectivity index (χ2v) is 9.10. The van der Waals surface area contributed by atoms with Gasteiger partial charge in [-0.15, -0.1) is 11.3 Å². The lowest BCUT2D eigenvalue weighted by molar-refractivity contribution is -0.132. The van der Waals surface area contributed by atoms with Crippen LogP contribution in [-0.4, -0.2) is 16.1 Å². The minimum atomic E-state index is -1.22. The van der Waals surface area contributed by atoms with E-state index < -0.39 is 5.97 Å². The monoisotopic (exact) mass is 487 g/mol. The number of carboxylic acid groups (broad SMARTS) is 1. The first kappa shape index (κ1) is 22.9. The molecule has 0 radical (unpaired) electrons. The molecule has 0 aliphatic carbocycles. The van der Waals surface area contributed by atoms with Gasteiger partial charge in [0.15, 0.2) is 0 Å². The molecule has 2 aromatic heterocycles. The maximum atomic E-state index is 11.1. The van der Waals surface area contributed by atoms with Gasteiger partial charge in [-0.2, -0.15) is 0 Å². The van der Waals surface area contributed by atoms with E-state index in [1.807, 2.05) is 60.7 Å². The fraction of sp³-hybridized carbons (Fsp3) is 0. The number of carbonyl (C=O) groups is 1. The summed E-state index contributed by atoms with van der Waals surface area (Å²) in [5, 5.41) is 9.08. The first-order valence-electron chi connectivity index (χ1n) is 11.2. The summed E-state index contributed by atoms with van der Waals surface area (Å²) in [6, 6.07) is 36.8. The third-order valence-electron chi connectivity index (χ3n) is 5.66. The molecule has 0 amide bonds. The van der Waals surface area contributed by atoms with Crippen molar-refractivity contribution in [2.75, 3.05) is 4.90 Å². The molecule has 5 nitrogen and oxygen atoms in total. The van der Waals surface area contributed by atoms with Crippen molar-refractivity contribution in [1.82, 2.24) is 4.98 Å². The Morgan fingerprint density at radius 3 is 1.94 bits per heavy atom. The second-order valence-electron chi connectivity index (χ2n) is 7.99. The van der Waals surface area contributed by atoms with Gasteiger partial charge in [0, 0.05) is 27.6 Å². The third kappa shape index (κ3) is 4.83. The summed E-state index contributed by atoms with van der Waals surface area (Å²) in [4.78, 5) is 21.6. The lowest BCUT2D eigenvalue weighted by atomic mass is 10.1. The molecular weight excluding hydrogens is 466 g/mol. The van der Waals surface area contributed by atoms with Crippen LogP contribution in [0.25, 0.3) is 32.7 Å². The number of benzene rings is 3. The molecule has 0 atom stereocenters. The summed E-state index contributed by atoms with van der Waals surface area (Å²) in [7, 11) is 0. The Labute approximate surface area is 213 Å². The van der Waals surface area contributed by atoms with E-state index in [2.05, 4.69) is 63.3 Å². The van der Waals surface area contributed by atoms with Gasteiger partial charge in [-0.1, -0.05) is 48.5 Å². The van der Waals surface area contributed by atoms with Gasteiger partial charge in [0.2, 0.25) is 0 Å². The lowest BCUT2D eigenvalue weighted by Gasteiger charge is -2.25. The van der Waals surface area contributed by atoms with E-state index in [1.54, 1.807) is 0 Å². The zero-order valence-corrected chi connectivity index (χ0v) is 19.9. The van der Waals surface area contributed by atoms with Crippen LogP contribution in [0.2, 0.25) is 0 Å². The van der Waals surface area contributed by atoms with Crippen LogP contribution in [0.5, 0.6) is 0 Å². The van der Waals surface area contributed by atoms with E-state index in [0.29, 0.717) is 0 Å². The van der Waals surface area contributed by atoms with Gasteiger partial charge in [0.05, 0.1) is 17.1 Å². The van der Waals surface area contributed by atoms with Crippen LogP contribution < -0.4 is 4.90 Å². The Hall–Kier alpha value is -4.86. The van der Waals surface area contributed by atoms with Crippen molar-refractivity contribution in [2.24, 2.45) is 0 Å². The number of aromatic amines is 1. The molecule has 0 spiro atoms. The number of hydrogen-bond acceptors (Lipinski definition) is 3. The highest BCUT2D eigenvalue weighted by Crippen LogP contribution is 2.36. The topological polar surface area (TPSA) is 60.7 Å². The molecule has 0 aliphatic rings. The first-order chi connectivity index (χ1) is 17.6. The number of aromatic nitrogens is 1. The maximum absolute atomic E-state index is 11.1. The smallest absolute Gasteiger partial charge is 0.333 e. The number of para-hydroxylation sites is 2. The normalized spacial score (nSPS) is 11.1. The van der Waals surface area contributed by atoms with Crippen molar-refractivity contribution in [1.29, 1.82) is 0 Å². The third-order valence-corrected chi connectivity index (χ3v) is 6.73. The quantitative estimate of drug-likeness (QED) is 0.180. The van der Waals surface area contributed by atoms with Gasteiger partial charge in [-0.3, -0.25) is 4.79 Å². The predicted molar refractivity (Wildman–Crippen MR) is 146 cm³/mol. The SMILES string of the molecule is [C-]#[N+]/C(=C\c1ccc(-c2ccc(-c3ccc(N(c4ccccc4)c4ccccc4)cc3)[nH]2)s1)C(=O)O. The summed E-state index contributed by atoms with van der Waals surface area (Å²) in [6.07, 6.45) is 1.40. The number of carboxylic acids is 1. The van der Waals surface area contributed by atoms with Crippen LogP contribution in [0.4, 0.5) is 17.1 Å². The first-order valence-corrected chi connectivity index (χ1v) is 12.1. The Kier molecular flexibility index (Phi) is 6.48. The zero-order chi connectivity index (χ0) is 24.9. The van der Waals surface area contributed by atoms with Crippen molar-refractivity contribution >= 4 is 40.4 Å². The Morgan fingerprint density at radius 2 is 1.36 bits per heavy atom. The second kappa shape index (κ2) is 10.2. The van der Waals surface area contributed by atoms with E-state index in [4.69, 9.17) is 11.7 Å². The molecule has 2 heterocycles. The highest BCUT2D eigenvalue weighted by molar-refractivity contribution is 7.16. The summed E-state index contributed by atoms with van der Waals surface area (Å²) >= 11 is 1.44. The van der Waals surface area contributed by atoms with Crippen LogP contribution >= 0.6 is 11.3 Å². The average molecular weight is 488 g/mol. The minimum Gasteiger partial charge on any atom is -0.486 e. The Bertz CT molecular complexity index is 1520. The van der Waals surface area contributed by atoms with Gasteiger partial charge in [0.1, 0.15) is 0 Å². The van der Waals surface area contributed by atoms with Gasteiger partial charge in [-0.05, 0) is 72.3 Å². The van der Waals surface area contributed by atoms with E-state index in [1.165, 1.54) is 17.4 Å². The van der Waals surface area contributed by atoms with Crippen molar-refractivity contribution in [3.63, 3.8) is 0 Å². The highest BCUT2D eigenvalue weighted by Gasteiger charge is 2.13. The average Bonchev–Trinajstić information content (AvgIpc) is 3.59. The standard InChI is InChI=1S/C30H21N3O2S/c1-31-28(30(34)35)20-25-16-19-29(36-25)27-18-17-26(32-27)21-12-14-24(15-13-21)33(22-8-4-2-5-9-22)23-10-6-3-7-11-23/h2-20,32H,(H,34,35)/b28-20-. The number of aliphatic carboxylic acids is 1. The molecule has 5 rings (SSSR count). The van der Waals surface area contributed by atoms with Crippen LogP contribution in [0.15, 0.2) is 115 Å². The van der Waals surface area contributed by atoms with E-state index in [-0.39, 0.29) is 5.70 Å². The minimum absolute atomic E-state index is 0.296. The van der Waals surface area contributed by atoms with Gasteiger partial charge in [0.25, 0.3) is 5.70 Å². The molecule has 3 aromatic carbocycles. The molecule has 0 unspecified atom stereocenters. The zero-order valence-electron chi connectivity index (χ0n) is 19.1. The lowest BCUT2D eigenvalue weighted by Crippen LogP contribution is -2.09. The largest absolute Gasteiger partial charge is 0.486 e. The molecule has 5 aromatic rings. The van der Waals surface area contributed by atoms with E-state index >= 15 is 0 Å². The number of hydrogen-bond donors (Lipinski definition) is 2. The molecule has 0 saturated heterocycles. The summed E-state index contributed by atoms with van der Waals surface area (Å²) in [6.45, 7) is 7.02. The summed E-state index contributed by atoms with van der Waals surface area (Å²) in [5.74, 6) is -1.22. The summed E-state index contributed by atoms with van der Waals surface area (Å²) < 4.78 is 0. The maximum Gasteiger partial charge on any atom is 0.333 e. The van der Waals surface area contributed by atoms with Crippen LogP contribution in [-0.2, 0) is 4.79 Å². The number of nitrogens with zero attached hydrogens (tertiary/aromatic N) is 2. The molecule has 0 fully saturated rings. The van der Waals surface area contributed by atoms with Crippen LogP contribution in [0.1, 0.15) is 4.88 Å². The van der Waals surface area contributed by atoms with Crippen molar-refractivity contribution in [3.8, 4) is 21.8 Å². The molecule has 2 N–H and O–H groups in total. The Morgan fingerprint density at radius 1 is 0.778 bits per heavy atom. The molecular formula is C30H21N3O2S. The number of H-pyrrole nitrogens is 1. The molecule has 0 saturated carbocycles.